The van der Waals surface area contributed by atoms with E-state index in [0.717, 1.165) is 5.56 Å². The van der Waals surface area contributed by atoms with Crippen LogP contribution in [0.1, 0.15) is 11.3 Å². The number of aromatic nitrogens is 2. The summed E-state index contributed by atoms with van der Waals surface area (Å²) < 4.78 is 6.50. The van der Waals surface area contributed by atoms with Crippen LogP contribution in [0.25, 0.3) is 0 Å². The van der Waals surface area contributed by atoms with E-state index in [9.17, 15) is 14.4 Å². The van der Waals surface area contributed by atoms with Crippen LogP contribution < -0.4 is 5.32 Å². The fraction of sp³-hybridized carbons (Fsp3) is 0.368. The number of benzene rings is 1. The minimum absolute atomic E-state index is 0.170. The minimum atomic E-state index is -1.04. The Balaban J connectivity index is 2.02. The molecule has 9 nitrogen and oxygen atoms in total. The number of rotatable bonds is 10. The zero-order valence-electron chi connectivity index (χ0n) is 15.9. The number of carboxylic acid groups (broad SMARTS) is 1. The highest BCUT2D eigenvalue weighted by Gasteiger charge is 2.24. The van der Waals surface area contributed by atoms with Crippen molar-refractivity contribution >= 4 is 17.8 Å². The fourth-order valence-corrected chi connectivity index (χ4v) is 2.76. The third-order valence-corrected chi connectivity index (χ3v) is 3.97. The molecular weight excluding hydrogens is 364 g/mol. The van der Waals surface area contributed by atoms with Crippen LogP contribution in [0, 0.1) is 0 Å². The van der Waals surface area contributed by atoms with Crippen molar-refractivity contribution < 1.29 is 24.2 Å². The summed E-state index contributed by atoms with van der Waals surface area (Å²) in [5, 5.41) is 11.7. The third kappa shape index (κ3) is 6.84. The lowest BCUT2D eigenvalue weighted by atomic mass is 10.1. The maximum atomic E-state index is 12.5. The van der Waals surface area contributed by atoms with Crippen molar-refractivity contribution in [3.05, 3.63) is 54.1 Å². The van der Waals surface area contributed by atoms with Crippen LogP contribution in [-0.4, -0.2) is 63.6 Å². The van der Waals surface area contributed by atoms with E-state index < -0.39 is 23.9 Å². The number of nitrogens with one attached hydrogen (secondary N) is 1. The normalized spacial score (nSPS) is 11.8. The van der Waals surface area contributed by atoms with E-state index in [0.29, 0.717) is 12.2 Å². The maximum absolute atomic E-state index is 12.5. The van der Waals surface area contributed by atoms with Gasteiger partial charge in [0.1, 0.15) is 6.04 Å². The van der Waals surface area contributed by atoms with E-state index >= 15 is 0 Å². The van der Waals surface area contributed by atoms with Crippen molar-refractivity contribution in [2.75, 3.05) is 20.2 Å². The molecule has 2 N–H and O–H groups in total. The Kier molecular flexibility index (Phi) is 7.70. The van der Waals surface area contributed by atoms with Crippen molar-refractivity contribution in [2.24, 2.45) is 7.05 Å². The molecular formula is C19H24N4O5. The third-order valence-electron chi connectivity index (χ3n) is 3.97. The van der Waals surface area contributed by atoms with E-state index in [2.05, 4.69) is 10.3 Å². The Morgan fingerprint density at radius 1 is 1.25 bits per heavy atom. The van der Waals surface area contributed by atoms with Gasteiger partial charge in [0.25, 0.3) is 0 Å². The van der Waals surface area contributed by atoms with E-state index in [-0.39, 0.29) is 19.5 Å². The Hall–Kier alpha value is -3.20. The first-order chi connectivity index (χ1) is 13.4. The predicted octanol–water partition coefficient (Wildman–Crippen LogP) is 0.207. The summed E-state index contributed by atoms with van der Waals surface area (Å²) in [5.41, 5.74) is 1.51. The van der Waals surface area contributed by atoms with Crippen LogP contribution in [0.2, 0.25) is 0 Å². The molecule has 1 atom stereocenters. The van der Waals surface area contributed by atoms with Gasteiger partial charge in [0.2, 0.25) is 5.91 Å². The number of carboxylic acids is 1. The number of aliphatic carboxylic acids is 1. The van der Waals surface area contributed by atoms with Gasteiger partial charge in [-0.1, -0.05) is 30.3 Å². The van der Waals surface area contributed by atoms with Gasteiger partial charge in [0.15, 0.2) is 0 Å². The molecule has 0 aliphatic rings. The molecule has 150 valence electrons. The summed E-state index contributed by atoms with van der Waals surface area (Å²) >= 11 is 0. The summed E-state index contributed by atoms with van der Waals surface area (Å²) in [4.78, 5) is 41.3. The summed E-state index contributed by atoms with van der Waals surface area (Å²) in [5.74, 6) is -2.10. The fourth-order valence-electron chi connectivity index (χ4n) is 2.76. The molecule has 1 heterocycles. The number of ether oxygens (including phenoxy) is 1. The molecule has 0 unspecified atom stereocenters. The number of aryl methyl sites for hydroxylation is 1. The van der Waals surface area contributed by atoms with E-state index in [1.165, 1.54) is 12.0 Å². The second-order valence-corrected chi connectivity index (χ2v) is 6.40. The van der Waals surface area contributed by atoms with Gasteiger partial charge in [-0.3, -0.25) is 14.5 Å². The smallest absolute Gasteiger partial charge is 0.328 e. The Morgan fingerprint density at radius 3 is 2.54 bits per heavy atom. The molecule has 2 aromatic rings. The summed E-state index contributed by atoms with van der Waals surface area (Å²) in [6.45, 7) is -0.175. The van der Waals surface area contributed by atoms with Gasteiger partial charge in [-0.05, 0) is 5.56 Å². The topological polar surface area (TPSA) is 114 Å². The quantitative estimate of drug-likeness (QED) is 0.559. The molecule has 0 bridgehead atoms. The first kappa shape index (κ1) is 21.1. The lowest BCUT2D eigenvalue weighted by Crippen LogP contribution is -2.47. The zero-order chi connectivity index (χ0) is 20.5. The average molecular weight is 388 g/mol. The van der Waals surface area contributed by atoms with Crippen LogP contribution in [0.15, 0.2) is 42.9 Å². The first-order valence-electron chi connectivity index (χ1n) is 8.69. The summed E-state index contributed by atoms with van der Waals surface area (Å²) in [7, 11) is 3.04. The Bertz CT molecular complexity index is 806. The highest BCUT2D eigenvalue weighted by Crippen LogP contribution is 2.06. The van der Waals surface area contributed by atoms with Gasteiger partial charge in [-0.25, -0.2) is 9.78 Å². The lowest BCUT2D eigenvalue weighted by molar-refractivity contribution is -0.145. The standard InChI is InChI=1S/C19H24N4O5/c1-22-10-15(20-13-22)8-16(19(27)28-2)21-17(24)11-23(12-18(25)26)9-14-6-4-3-5-7-14/h3-7,10,13,16H,8-9,11-12H2,1-2H3,(H,21,24)(H,25,26)/t16-/m0/s1. The molecule has 28 heavy (non-hydrogen) atoms. The number of carbonyl (C=O) groups excluding carboxylic acids is 2. The highest BCUT2D eigenvalue weighted by molar-refractivity contribution is 5.86. The Morgan fingerprint density at radius 2 is 1.96 bits per heavy atom. The van der Waals surface area contributed by atoms with Crippen LogP contribution in [-0.2, 0) is 39.1 Å². The van der Waals surface area contributed by atoms with Gasteiger partial charge in [-0.15, -0.1) is 0 Å². The number of hydrogen-bond acceptors (Lipinski definition) is 6. The van der Waals surface area contributed by atoms with Crippen LogP contribution in [0.5, 0.6) is 0 Å². The van der Waals surface area contributed by atoms with Crippen LogP contribution in [0.4, 0.5) is 0 Å². The summed E-state index contributed by atoms with van der Waals surface area (Å²) in [6, 6.07) is 8.34. The number of esters is 1. The monoisotopic (exact) mass is 388 g/mol. The molecule has 0 aliphatic carbocycles. The SMILES string of the molecule is COC(=O)[C@H](Cc1cn(C)cn1)NC(=O)CN(CC(=O)O)Cc1ccccc1. The Labute approximate surface area is 162 Å². The number of imidazole rings is 1. The predicted molar refractivity (Wildman–Crippen MR) is 100 cm³/mol. The van der Waals surface area contributed by atoms with Crippen molar-refractivity contribution in [1.29, 1.82) is 0 Å². The van der Waals surface area contributed by atoms with Crippen molar-refractivity contribution in [3.63, 3.8) is 0 Å². The number of methoxy groups -OCH3 is 1. The number of amides is 1. The van der Waals surface area contributed by atoms with Gasteiger partial charge < -0.3 is 19.7 Å². The van der Waals surface area contributed by atoms with Gasteiger partial charge in [0.05, 0.1) is 32.2 Å². The molecule has 2 rings (SSSR count). The molecule has 0 saturated carbocycles. The van der Waals surface area contributed by atoms with E-state index in [1.54, 1.807) is 24.1 Å². The molecule has 0 saturated heterocycles. The second-order valence-electron chi connectivity index (χ2n) is 6.40. The van der Waals surface area contributed by atoms with Crippen molar-refractivity contribution in [1.82, 2.24) is 19.8 Å². The second kappa shape index (κ2) is 10.2. The average Bonchev–Trinajstić information content (AvgIpc) is 3.05. The molecule has 9 heteroatoms. The van der Waals surface area contributed by atoms with Crippen molar-refractivity contribution in [3.8, 4) is 0 Å². The molecule has 1 aromatic carbocycles. The minimum Gasteiger partial charge on any atom is -0.480 e. The van der Waals surface area contributed by atoms with Gasteiger partial charge >= 0.3 is 11.9 Å². The molecule has 0 fully saturated rings. The number of nitrogens with zero attached hydrogens (tertiary/aromatic N) is 3. The van der Waals surface area contributed by atoms with E-state index in [1.807, 2.05) is 30.3 Å². The molecule has 0 radical (unpaired) electrons. The molecule has 1 amide bonds. The van der Waals surface area contributed by atoms with E-state index in [4.69, 9.17) is 9.84 Å². The van der Waals surface area contributed by atoms with Gasteiger partial charge in [0, 0.05) is 26.2 Å². The molecule has 1 aromatic heterocycles. The van der Waals surface area contributed by atoms with Crippen LogP contribution in [0.3, 0.4) is 0 Å². The molecule has 0 spiro atoms. The lowest BCUT2D eigenvalue weighted by Gasteiger charge is -2.22. The first-order valence-corrected chi connectivity index (χ1v) is 8.69. The van der Waals surface area contributed by atoms with Crippen LogP contribution >= 0.6 is 0 Å². The number of hydrogen-bond donors (Lipinski definition) is 2. The zero-order valence-corrected chi connectivity index (χ0v) is 15.9. The number of carbonyl (C=O) groups is 3. The highest BCUT2D eigenvalue weighted by atomic mass is 16.5. The maximum Gasteiger partial charge on any atom is 0.328 e. The van der Waals surface area contributed by atoms with Gasteiger partial charge in [-0.2, -0.15) is 0 Å². The summed E-state index contributed by atoms with van der Waals surface area (Å²) in [6.07, 6.45) is 3.52. The van der Waals surface area contributed by atoms with Crippen molar-refractivity contribution in [2.45, 2.75) is 19.0 Å². The molecule has 0 aliphatic heterocycles. The largest absolute Gasteiger partial charge is 0.480 e.